The number of para-hydroxylation sites is 2. The Balaban J connectivity index is 1.32. The molecule has 3 amide bonds. The monoisotopic (exact) mass is 525 g/mol. The summed E-state index contributed by atoms with van der Waals surface area (Å²) in [6.07, 6.45) is 0.827. The van der Waals surface area contributed by atoms with E-state index in [-0.39, 0.29) is 44.8 Å². The average Bonchev–Trinajstić information content (AvgIpc) is 3.33. The number of amides is 3. The first-order valence-corrected chi connectivity index (χ1v) is 13.3. The molecule has 0 radical (unpaired) electrons. The molecule has 2 aromatic carbocycles. The summed E-state index contributed by atoms with van der Waals surface area (Å²) in [6, 6.07) is 15.6. The second kappa shape index (κ2) is 10.3. The minimum absolute atomic E-state index is 0.124. The van der Waals surface area contributed by atoms with Gasteiger partial charge in [-0.1, -0.05) is 36.4 Å². The van der Waals surface area contributed by atoms with Gasteiger partial charge in [-0.3, -0.25) is 14.5 Å². The van der Waals surface area contributed by atoms with Crippen molar-refractivity contribution in [3.05, 3.63) is 60.2 Å². The molecule has 2 aliphatic heterocycles. The van der Waals surface area contributed by atoms with Crippen molar-refractivity contribution in [2.24, 2.45) is 5.41 Å². The van der Waals surface area contributed by atoms with Crippen molar-refractivity contribution in [1.29, 1.82) is 0 Å². The fraction of sp³-hybridized carbons (Fsp3) is 0.483. The molecular weight excluding hydrogens is 492 g/mol. The van der Waals surface area contributed by atoms with Crippen LogP contribution in [0.4, 0.5) is 25.0 Å². The van der Waals surface area contributed by atoms with Crippen molar-refractivity contribution < 1.29 is 28.3 Å². The number of carboxylic acids is 1. The maximum Gasteiger partial charge on any atom is 0.324 e. The molecule has 1 unspecified atom stereocenters. The standard InChI is InChI=1S/C29H33F2N3O4/c30-29(31)13-6-10-23(19-29)34(22-8-2-1-3-9-22)25(35)20-28(26(36)37)14-17-32(18-15-28)27(38)33-16-12-21-7-4-5-11-24(21)33/h1-5,7-9,11,23H,6,10,12-20H2,(H,36,37). The van der Waals surface area contributed by atoms with Crippen LogP contribution in [0, 0.1) is 5.41 Å². The number of nitrogens with zero attached hydrogens (tertiary/aromatic N) is 3. The van der Waals surface area contributed by atoms with E-state index in [9.17, 15) is 28.3 Å². The molecule has 5 rings (SSSR count). The Labute approximate surface area is 221 Å². The van der Waals surface area contributed by atoms with Crippen LogP contribution in [0.25, 0.3) is 0 Å². The van der Waals surface area contributed by atoms with E-state index in [4.69, 9.17) is 0 Å². The topological polar surface area (TPSA) is 81.2 Å². The number of alkyl halides is 2. The summed E-state index contributed by atoms with van der Waals surface area (Å²) < 4.78 is 28.6. The largest absolute Gasteiger partial charge is 0.481 e. The van der Waals surface area contributed by atoms with Crippen molar-refractivity contribution >= 4 is 29.3 Å². The predicted octanol–water partition coefficient (Wildman–Crippen LogP) is 5.34. The zero-order valence-corrected chi connectivity index (χ0v) is 21.3. The van der Waals surface area contributed by atoms with Crippen molar-refractivity contribution in [1.82, 2.24) is 4.90 Å². The highest BCUT2D eigenvalue weighted by Crippen LogP contribution is 2.41. The molecule has 38 heavy (non-hydrogen) atoms. The first kappa shape index (κ1) is 26.1. The number of rotatable bonds is 5. The third-order valence-corrected chi connectivity index (χ3v) is 8.33. The highest BCUT2D eigenvalue weighted by molar-refractivity contribution is 5.97. The summed E-state index contributed by atoms with van der Waals surface area (Å²) in [6.45, 7) is 1.00. The van der Waals surface area contributed by atoms with Gasteiger partial charge in [-0.2, -0.15) is 0 Å². The summed E-state index contributed by atoms with van der Waals surface area (Å²) in [5.74, 6) is -4.42. The van der Waals surface area contributed by atoms with Crippen molar-refractivity contribution in [2.75, 3.05) is 29.4 Å². The molecular formula is C29H33F2N3O4. The molecule has 0 aromatic heterocycles. The fourth-order valence-electron chi connectivity index (χ4n) is 6.19. The number of anilines is 2. The number of halogens is 2. The van der Waals surface area contributed by atoms with Crippen LogP contribution in [0.15, 0.2) is 54.6 Å². The lowest BCUT2D eigenvalue weighted by Crippen LogP contribution is -2.53. The highest BCUT2D eigenvalue weighted by Gasteiger charge is 2.47. The fourth-order valence-corrected chi connectivity index (χ4v) is 6.19. The molecule has 3 aliphatic rings. The number of carboxylic acid groups (broad SMARTS) is 1. The van der Waals surface area contributed by atoms with Crippen LogP contribution in [-0.2, 0) is 16.0 Å². The summed E-state index contributed by atoms with van der Waals surface area (Å²) in [4.78, 5) is 44.3. The van der Waals surface area contributed by atoms with Crippen molar-refractivity contribution in [2.45, 2.75) is 63.3 Å². The molecule has 1 N–H and O–H groups in total. The third kappa shape index (κ3) is 5.11. The number of fused-ring (bicyclic) bond motifs is 1. The van der Waals surface area contributed by atoms with Crippen LogP contribution < -0.4 is 9.80 Å². The highest BCUT2D eigenvalue weighted by atomic mass is 19.3. The first-order chi connectivity index (χ1) is 18.2. The number of carbonyl (C=O) groups excluding carboxylic acids is 2. The Kier molecular flexibility index (Phi) is 7.11. The van der Waals surface area contributed by atoms with Gasteiger partial charge in [0.25, 0.3) is 0 Å². The van der Waals surface area contributed by atoms with Gasteiger partial charge in [0.1, 0.15) is 0 Å². The minimum atomic E-state index is -2.86. The lowest BCUT2D eigenvalue weighted by molar-refractivity contribution is -0.154. The molecule has 2 heterocycles. The van der Waals surface area contributed by atoms with E-state index in [1.54, 1.807) is 40.1 Å². The number of urea groups is 1. The van der Waals surface area contributed by atoms with E-state index in [1.165, 1.54) is 4.90 Å². The summed E-state index contributed by atoms with van der Waals surface area (Å²) in [5.41, 5.74) is 1.13. The molecule has 0 bridgehead atoms. The number of hydrogen-bond acceptors (Lipinski definition) is 3. The Morgan fingerprint density at radius 3 is 2.32 bits per heavy atom. The summed E-state index contributed by atoms with van der Waals surface area (Å²) in [7, 11) is 0. The average molecular weight is 526 g/mol. The Morgan fingerprint density at radius 2 is 1.63 bits per heavy atom. The van der Waals surface area contributed by atoms with Crippen LogP contribution >= 0.6 is 0 Å². The Morgan fingerprint density at radius 1 is 0.947 bits per heavy atom. The molecule has 2 fully saturated rings. The molecule has 1 saturated carbocycles. The first-order valence-electron chi connectivity index (χ1n) is 13.3. The minimum Gasteiger partial charge on any atom is -0.481 e. The van der Waals surface area contributed by atoms with Crippen LogP contribution in [0.5, 0.6) is 0 Å². The van der Waals surface area contributed by atoms with Gasteiger partial charge in [-0.05, 0) is 55.9 Å². The lowest BCUT2D eigenvalue weighted by atomic mass is 9.75. The SMILES string of the molecule is O=C(N1CCC(CC(=O)N(c2ccccc2)C2CCCC(F)(F)C2)(C(=O)O)CC1)N1CCc2ccccc21. The maximum absolute atomic E-state index is 14.3. The van der Waals surface area contributed by atoms with Crippen molar-refractivity contribution in [3.63, 3.8) is 0 Å². The van der Waals surface area contributed by atoms with Crippen LogP contribution in [0.1, 0.15) is 50.5 Å². The number of carbonyl (C=O) groups is 3. The van der Waals surface area contributed by atoms with E-state index in [2.05, 4.69) is 0 Å². The molecule has 0 spiro atoms. The van der Waals surface area contributed by atoms with Gasteiger partial charge in [-0.15, -0.1) is 0 Å². The summed E-state index contributed by atoms with van der Waals surface area (Å²) in [5, 5.41) is 10.2. The van der Waals surface area contributed by atoms with Crippen molar-refractivity contribution in [3.8, 4) is 0 Å². The van der Waals surface area contributed by atoms with Crippen LogP contribution in [-0.4, -0.2) is 59.5 Å². The molecule has 9 heteroatoms. The lowest BCUT2D eigenvalue weighted by Gasteiger charge is -2.42. The van der Waals surface area contributed by atoms with Crippen LogP contribution in [0.3, 0.4) is 0 Å². The molecule has 7 nitrogen and oxygen atoms in total. The molecule has 1 saturated heterocycles. The van der Waals surface area contributed by atoms with E-state index < -0.39 is 35.7 Å². The number of hydrogen-bond donors (Lipinski definition) is 1. The third-order valence-electron chi connectivity index (χ3n) is 8.33. The zero-order chi connectivity index (χ0) is 26.9. The zero-order valence-electron chi connectivity index (χ0n) is 21.3. The second-order valence-corrected chi connectivity index (χ2v) is 10.8. The summed E-state index contributed by atoms with van der Waals surface area (Å²) >= 11 is 0. The van der Waals surface area contributed by atoms with Gasteiger partial charge < -0.3 is 14.9 Å². The van der Waals surface area contributed by atoms with Gasteiger partial charge in [0.15, 0.2) is 0 Å². The number of piperidine rings is 1. The second-order valence-electron chi connectivity index (χ2n) is 10.8. The normalized spacial score (nSPS) is 22.0. The molecule has 1 aliphatic carbocycles. The molecule has 202 valence electrons. The van der Waals surface area contributed by atoms with Gasteiger partial charge >= 0.3 is 12.0 Å². The van der Waals surface area contributed by atoms with Gasteiger partial charge in [0.05, 0.1) is 5.41 Å². The van der Waals surface area contributed by atoms with Gasteiger partial charge in [-0.25, -0.2) is 13.6 Å². The van der Waals surface area contributed by atoms with E-state index in [1.807, 2.05) is 24.3 Å². The number of aliphatic carboxylic acids is 1. The quantitative estimate of drug-likeness (QED) is 0.572. The van der Waals surface area contributed by atoms with Crippen LogP contribution in [0.2, 0.25) is 0 Å². The number of likely N-dealkylation sites (tertiary alicyclic amines) is 1. The molecule has 1 atom stereocenters. The Hall–Kier alpha value is -3.49. The van der Waals surface area contributed by atoms with E-state index >= 15 is 0 Å². The van der Waals surface area contributed by atoms with E-state index in [0.717, 1.165) is 17.7 Å². The molecule has 2 aromatic rings. The smallest absolute Gasteiger partial charge is 0.324 e. The van der Waals surface area contributed by atoms with E-state index in [0.29, 0.717) is 25.1 Å². The maximum atomic E-state index is 14.3. The Bertz CT molecular complexity index is 1200. The van der Waals surface area contributed by atoms with Gasteiger partial charge in [0, 0.05) is 56.3 Å². The van der Waals surface area contributed by atoms with Gasteiger partial charge in [0.2, 0.25) is 11.8 Å². The predicted molar refractivity (Wildman–Crippen MR) is 140 cm³/mol. The number of benzene rings is 2.